The van der Waals surface area contributed by atoms with Crippen molar-refractivity contribution in [2.75, 3.05) is 20.1 Å². The molecule has 0 radical (unpaired) electrons. The van der Waals surface area contributed by atoms with Gasteiger partial charge in [-0.2, -0.15) is 5.10 Å². The Bertz CT molecular complexity index is 536. The predicted molar refractivity (Wildman–Crippen MR) is 64.0 cm³/mol. The molecular weight excluding hydrogens is 216 g/mol. The molecule has 1 atom stereocenters. The molecule has 2 aromatic rings. The first kappa shape index (κ1) is 10.5. The summed E-state index contributed by atoms with van der Waals surface area (Å²) in [5.41, 5.74) is 0.550. The molecule has 0 aliphatic carbocycles. The largest absolute Gasteiger partial charge is 0.504 e. The summed E-state index contributed by atoms with van der Waals surface area (Å²) in [5.74, 6) is 1.65. The van der Waals surface area contributed by atoms with Gasteiger partial charge in [-0.1, -0.05) is 0 Å². The zero-order valence-electron chi connectivity index (χ0n) is 9.87. The molecule has 1 fully saturated rings. The Balaban J connectivity index is 1.84. The second-order valence-electron chi connectivity index (χ2n) is 4.81. The highest BCUT2D eigenvalue weighted by Crippen LogP contribution is 2.20. The molecule has 1 saturated heterocycles. The van der Waals surface area contributed by atoms with E-state index >= 15 is 0 Å². The fourth-order valence-corrected chi connectivity index (χ4v) is 2.47. The lowest BCUT2D eigenvalue weighted by Crippen LogP contribution is -2.15. The van der Waals surface area contributed by atoms with Gasteiger partial charge in [-0.3, -0.25) is 0 Å². The van der Waals surface area contributed by atoms with Gasteiger partial charge in [0.2, 0.25) is 0 Å². The number of aromatic hydroxyl groups is 1. The average Bonchev–Trinajstić information content (AvgIpc) is 2.86. The first-order valence-corrected chi connectivity index (χ1v) is 5.94. The Hall–Kier alpha value is -1.62. The van der Waals surface area contributed by atoms with Gasteiger partial charge in [-0.15, -0.1) is 0 Å². The van der Waals surface area contributed by atoms with Crippen LogP contribution in [0.25, 0.3) is 5.65 Å². The van der Waals surface area contributed by atoms with Gasteiger partial charge in [0.05, 0.1) is 0 Å². The van der Waals surface area contributed by atoms with Crippen LogP contribution in [0.4, 0.5) is 0 Å². The second-order valence-corrected chi connectivity index (χ2v) is 4.81. The van der Waals surface area contributed by atoms with Crippen LogP contribution in [0.2, 0.25) is 0 Å². The monoisotopic (exact) mass is 232 g/mol. The molecule has 90 valence electrons. The van der Waals surface area contributed by atoms with E-state index in [0.717, 1.165) is 25.3 Å². The average molecular weight is 232 g/mol. The van der Waals surface area contributed by atoms with Crippen LogP contribution in [-0.4, -0.2) is 44.7 Å². The summed E-state index contributed by atoms with van der Waals surface area (Å²) in [6.07, 6.45) is 3.91. The van der Waals surface area contributed by atoms with E-state index in [1.54, 1.807) is 16.6 Å². The molecular formula is C12H16N4O. The van der Waals surface area contributed by atoms with Crippen LogP contribution in [0.1, 0.15) is 12.2 Å². The summed E-state index contributed by atoms with van der Waals surface area (Å²) in [7, 11) is 2.14. The van der Waals surface area contributed by atoms with E-state index in [4.69, 9.17) is 0 Å². The van der Waals surface area contributed by atoms with Crippen LogP contribution in [0.5, 0.6) is 5.75 Å². The van der Waals surface area contributed by atoms with E-state index in [1.807, 2.05) is 6.20 Å². The molecule has 0 aromatic carbocycles. The predicted octanol–water partition coefficient (Wildman–Crippen LogP) is 0.929. The Morgan fingerprint density at radius 1 is 1.53 bits per heavy atom. The van der Waals surface area contributed by atoms with E-state index in [9.17, 15) is 5.11 Å². The van der Waals surface area contributed by atoms with E-state index < -0.39 is 0 Å². The number of likely N-dealkylation sites (tertiary alicyclic amines) is 1. The summed E-state index contributed by atoms with van der Waals surface area (Å²) in [6.45, 7) is 2.27. The SMILES string of the molecule is CN1CCC(Cc2nc3c(O)cccn3n2)C1. The van der Waals surface area contributed by atoms with Crippen molar-refractivity contribution >= 4 is 5.65 Å². The Labute approximate surface area is 99.7 Å². The van der Waals surface area contributed by atoms with Crippen molar-refractivity contribution in [3.8, 4) is 5.75 Å². The van der Waals surface area contributed by atoms with Gasteiger partial charge in [0.1, 0.15) is 0 Å². The number of pyridine rings is 1. The lowest BCUT2D eigenvalue weighted by atomic mass is 10.1. The van der Waals surface area contributed by atoms with E-state index in [-0.39, 0.29) is 5.75 Å². The Morgan fingerprint density at radius 2 is 2.41 bits per heavy atom. The van der Waals surface area contributed by atoms with Crippen molar-refractivity contribution in [2.45, 2.75) is 12.8 Å². The van der Waals surface area contributed by atoms with Crippen molar-refractivity contribution < 1.29 is 5.11 Å². The molecule has 1 N–H and O–H groups in total. The van der Waals surface area contributed by atoms with Crippen molar-refractivity contribution in [3.63, 3.8) is 0 Å². The number of rotatable bonds is 2. The van der Waals surface area contributed by atoms with Crippen LogP contribution >= 0.6 is 0 Å². The molecule has 0 spiro atoms. The fraction of sp³-hybridized carbons (Fsp3) is 0.500. The summed E-state index contributed by atoms with van der Waals surface area (Å²) in [4.78, 5) is 6.72. The molecule has 17 heavy (non-hydrogen) atoms. The molecule has 1 aliphatic heterocycles. The Morgan fingerprint density at radius 3 is 3.12 bits per heavy atom. The van der Waals surface area contributed by atoms with Crippen molar-refractivity contribution in [1.29, 1.82) is 0 Å². The van der Waals surface area contributed by atoms with Gasteiger partial charge in [0.15, 0.2) is 17.2 Å². The zero-order valence-corrected chi connectivity index (χ0v) is 9.87. The zero-order chi connectivity index (χ0) is 11.8. The van der Waals surface area contributed by atoms with E-state index in [1.165, 1.54) is 6.42 Å². The topological polar surface area (TPSA) is 53.7 Å². The lowest BCUT2D eigenvalue weighted by molar-refractivity contribution is 0.392. The van der Waals surface area contributed by atoms with Gasteiger partial charge in [0, 0.05) is 19.2 Å². The first-order valence-electron chi connectivity index (χ1n) is 5.94. The fourth-order valence-electron chi connectivity index (χ4n) is 2.47. The van der Waals surface area contributed by atoms with Gasteiger partial charge in [-0.05, 0) is 38.1 Å². The third-order valence-corrected chi connectivity index (χ3v) is 3.35. The third-order valence-electron chi connectivity index (χ3n) is 3.35. The first-order chi connectivity index (χ1) is 8.22. The van der Waals surface area contributed by atoms with Crippen LogP contribution in [0, 0.1) is 5.92 Å². The lowest BCUT2D eigenvalue weighted by Gasteiger charge is -2.07. The molecule has 3 heterocycles. The van der Waals surface area contributed by atoms with E-state index in [2.05, 4.69) is 22.0 Å². The molecule has 1 aliphatic rings. The maximum absolute atomic E-state index is 9.66. The molecule has 5 heteroatoms. The molecule has 1 unspecified atom stereocenters. The highest BCUT2D eigenvalue weighted by molar-refractivity contribution is 5.51. The van der Waals surface area contributed by atoms with Gasteiger partial charge < -0.3 is 10.0 Å². The van der Waals surface area contributed by atoms with Gasteiger partial charge in [-0.25, -0.2) is 9.50 Å². The molecule has 0 saturated carbocycles. The summed E-state index contributed by atoms with van der Waals surface area (Å²) >= 11 is 0. The molecule has 5 nitrogen and oxygen atoms in total. The van der Waals surface area contributed by atoms with Crippen LogP contribution < -0.4 is 0 Å². The molecule has 2 aromatic heterocycles. The third kappa shape index (κ3) is 1.98. The summed E-state index contributed by atoms with van der Waals surface area (Å²) in [5, 5.41) is 14.0. The molecule has 0 amide bonds. The highest BCUT2D eigenvalue weighted by atomic mass is 16.3. The maximum Gasteiger partial charge on any atom is 0.197 e. The van der Waals surface area contributed by atoms with Crippen LogP contribution in [-0.2, 0) is 6.42 Å². The molecule has 0 bridgehead atoms. The second kappa shape index (κ2) is 4.00. The van der Waals surface area contributed by atoms with Crippen molar-refractivity contribution in [2.24, 2.45) is 5.92 Å². The highest BCUT2D eigenvalue weighted by Gasteiger charge is 2.21. The summed E-state index contributed by atoms with van der Waals surface area (Å²) < 4.78 is 1.64. The van der Waals surface area contributed by atoms with Crippen molar-refractivity contribution in [1.82, 2.24) is 19.5 Å². The number of fused-ring (bicyclic) bond motifs is 1. The smallest absolute Gasteiger partial charge is 0.197 e. The van der Waals surface area contributed by atoms with Gasteiger partial charge >= 0.3 is 0 Å². The quantitative estimate of drug-likeness (QED) is 0.837. The van der Waals surface area contributed by atoms with E-state index in [0.29, 0.717) is 11.6 Å². The van der Waals surface area contributed by atoms with Crippen LogP contribution in [0.3, 0.4) is 0 Å². The van der Waals surface area contributed by atoms with Gasteiger partial charge in [0.25, 0.3) is 0 Å². The number of aromatic nitrogens is 3. The number of nitrogens with zero attached hydrogens (tertiary/aromatic N) is 4. The Kier molecular flexibility index (Phi) is 2.48. The maximum atomic E-state index is 9.66. The van der Waals surface area contributed by atoms with Crippen LogP contribution in [0.15, 0.2) is 18.3 Å². The van der Waals surface area contributed by atoms with Crippen molar-refractivity contribution in [3.05, 3.63) is 24.2 Å². The molecule has 3 rings (SSSR count). The number of hydrogen-bond acceptors (Lipinski definition) is 4. The normalized spacial score (nSPS) is 21.4. The minimum Gasteiger partial charge on any atom is -0.504 e. The summed E-state index contributed by atoms with van der Waals surface area (Å²) in [6, 6.07) is 3.40. The number of hydrogen-bond donors (Lipinski definition) is 1. The minimum absolute atomic E-state index is 0.190. The minimum atomic E-state index is 0.190. The standard InChI is InChI=1S/C12H16N4O/c1-15-6-4-9(8-15)7-11-13-12-10(17)3-2-5-16(12)14-11/h2-3,5,9,17H,4,6-8H2,1H3.